The molecule has 0 heterocycles. The van der Waals surface area contributed by atoms with Crippen LogP contribution in [-0.2, 0) is 11.3 Å². The minimum Gasteiger partial charge on any atom is -0.384 e. The first-order valence-electron chi connectivity index (χ1n) is 7.28. The maximum Gasteiger partial charge on any atom is 0.0744 e. The number of fused-ring (bicyclic) bond motifs is 2. The average molecular weight is 324 g/mol. The Morgan fingerprint density at radius 1 is 1.32 bits per heavy atom. The van der Waals surface area contributed by atoms with E-state index in [-0.39, 0.29) is 0 Å². The molecule has 0 aliphatic heterocycles. The van der Waals surface area contributed by atoms with Gasteiger partial charge in [-0.1, -0.05) is 28.4 Å². The highest BCUT2D eigenvalue weighted by Crippen LogP contribution is 2.48. The van der Waals surface area contributed by atoms with Crippen molar-refractivity contribution in [1.82, 2.24) is 0 Å². The van der Waals surface area contributed by atoms with Crippen molar-refractivity contribution in [2.75, 3.05) is 19.0 Å². The molecule has 2 fully saturated rings. The average Bonchev–Trinajstić information content (AvgIpc) is 3.02. The van der Waals surface area contributed by atoms with E-state index in [4.69, 9.17) is 4.74 Å². The van der Waals surface area contributed by atoms with Gasteiger partial charge in [0.2, 0.25) is 0 Å². The molecule has 2 saturated carbocycles. The number of benzene rings is 1. The maximum atomic E-state index is 5.30. The molecule has 0 amide bonds. The summed E-state index contributed by atoms with van der Waals surface area (Å²) in [7, 11) is 1.75. The molecule has 104 valence electrons. The molecule has 3 atom stereocenters. The Morgan fingerprint density at radius 3 is 2.89 bits per heavy atom. The van der Waals surface area contributed by atoms with Crippen LogP contribution >= 0.6 is 15.9 Å². The van der Waals surface area contributed by atoms with Crippen LogP contribution in [0.25, 0.3) is 0 Å². The van der Waals surface area contributed by atoms with Crippen molar-refractivity contribution in [1.29, 1.82) is 0 Å². The van der Waals surface area contributed by atoms with E-state index in [1.165, 1.54) is 36.9 Å². The number of rotatable bonds is 5. The zero-order valence-electron chi connectivity index (χ0n) is 11.5. The van der Waals surface area contributed by atoms with Gasteiger partial charge in [0, 0.05) is 29.4 Å². The fraction of sp³-hybridized carbons (Fsp3) is 0.625. The van der Waals surface area contributed by atoms with Crippen molar-refractivity contribution < 1.29 is 4.74 Å². The van der Waals surface area contributed by atoms with E-state index in [0.29, 0.717) is 6.61 Å². The maximum absolute atomic E-state index is 5.30. The normalized spacial score (nSPS) is 28.8. The van der Waals surface area contributed by atoms with E-state index < -0.39 is 0 Å². The fourth-order valence-electron chi connectivity index (χ4n) is 3.88. The smallest absolute Gasteiger partial charge is 0.0744 e. The Labute approximate surface area is 124 Å². The molecule has 3 unspecified atom stereocenters. The highest BCUT2D eigenvalue weighted by atomic mass is 79.9. The fourth-order valence-corrected chi connectivity index (χ4v) is 4.36. The minimum atomic E-state index is 0.653. The molecule has 2 nitrogen and oxygen atoms in total. The van der Waals surface area contributed by atoms with E-state index in [0.717, 1.165) is 28.8 Å². The van der Waals surface area contributed by atoms with Crippen molar-refractivity contribution in [2.24, 2.45) is 17.8 Å². The van der Waals surface area contributed by atoms with Gasteiger partial charge < -0.3 is 10.1 Å². The standard InChI is InChI=1S/C16H22BrNO/c1-19-10-14-15(17)3-2-4-16(14)18-9-13-8-11-5-6-12(13)7-11/h2-4,11-13,18H,5-10H2,1H3. The molecule has 2 bridgehead atoms. The van der Waals surface area contributed by atoms with Gasteiger partial charge in [0.1, 0.15) is 0 Å². The third-order valence-corrected chi connectivity index (χ3v) is 5.59. The SMILES string of the molecule is COCc1c(Br)cccc1NCC1CC2CCC1C2. The molecule has 1 N–H and O–H groups in total. The Morgan fingerprint density at radius 2 is 2.21 bits per heavy atom. The summed E-state index contributed by atoms with van der Waals surface area (Å²) in [5.41, 5.74) is 2.45. The van der Waals surface area contributed by atoms with Gasteiger partial charge in [-0.2, -0.15) is 0 Å². The molecular formula is C16H22BrNO. The van der Waals surface area contributed by atoms with E-state index in [2.05, 4.69) is 39.4 Å². The van der Waals surface area contributed by atoms with Gasteiger partial charge in [0.05, 0.1) is 6.61 Å². The number of methoxy groups -OCH3 is 1. The van der Waals surface area contributed by atoms with Crippen LogP contribution in [0.1, 0.15) is 31.2 Å². The van der Waals surface area contributed by atoms with Crippen molar-refractivity contribution in [3.05, 3.63) is 28.2 Å². The first-order valence-corrected chi connectivity index (χ1v) is 8.07. The minimum absolute atomic E-state index is 0.653. The van der Waals surface area contributed by atoms with E-state index in [1.54, 1.807) is 7.11 Å². The Hall–Kier alpha value is -0.540. The third-order valence-electron chi connectivity index (χ3n) is 4.85. The van der Waals surface area contributed by atoms with Crippen LogP contribution < -0.4 is 5.32 Å². The first-order chi connectivity index (χ1) is 9.28. The molecule has 0 radical (unpaired) electrons. The molecule has 1 aromatic rings. The number of halogens is 1. The molecule has 0 aromatic heterocycles. The van der Waals surface area contributed by atoms with Gasteiger partial charge in [-0.15, -0.1) is 0 Å². The summed E-state index contributed by atoms with van der Waals surface area (Å²) in [6.45, 7) is 1.77. The van der Waals surface area contributed by atoms with Crippen molar-refractivity contribution in [3.8, 4) is 0 Å². The molecule has 0 saturated heterocycles. The number of anilines is 1. The number of nitrogens with one attached hydrogen (secondary N) is 1. The zero-order valence-corrected chi connectivity index (χ0v) is 13.1. The van der Waals surface area contributed by atoms with Crippen molar-refractivity contribution in [2.45, 2.75) is 32.3 Å². The van der Waals surface area contributed by atoms with Crippen LogP contribution in [-0.4, -0.2) is 13.7 Å². The number of ether oxygens (including phenoxy) is 1. The number of hydrogen-bond acceptors (Lipinski definition) is 2. The first kappa shape index (κ1) is 13.4. The molecular weight excluding hydrogens is 302 g/mol. The second-order valence-corrected chi connectivity index (χ2v) is 6.87. The second kappa shape index (κ2) is 5.84. The molecule has 1 aromatic carbocycles. The van der Waals surface area contributed by atoms with Gasteiger partial charge in [-0.05, 0) is 49.1 Å². The lowest BCUT2D eigenvalue weighted by Gasteiger charge is -2.23. The Balaban J connectivity index is 1.65. The van der Waals surface area contributed by atoms with Gasteiger partial charge >= 0.3 is 0 Å². The van der Waals surface area contributed by atoms with Gasteiger partial charge in [-0.3, -0.25) is 0 Å². The molecule has 2 aliphatic rings. The Kier molecular flexibility index (Phi) is 4.13. The summed E-state index contributed by atoms with van der Waals surface area (Å²) in [5, 5.41) is 3.66. The van der Waals surface area contributed by atoms with Crippen LogP contribution in [0.2, 0.25) is 0 Å². The molecule has 2 aliphatic carbocycles. The molecule has 3 rings (SSSR count). The van der Waals surface area contributed by atoms with Crippen molar-refractivity contribution in [3.63, 3.8) is 0 Å². The van der Waals surface area contributed by atoms with Gasteiger partial charge in [0.25, 0.3) is 0 Å². The van der Waals surface area contributed by atoms with Gasteiger partial charge in [0.15, 0.2) is 0 Å². The summed E-state index contributed by atoms with van der Waals surface area (Å²) >= 11 is 3.61. The second-order valence-electron chi connectivity index (χ2n) is 6.01. The summed E-state index contributed by atoms with van der Waals surface area (Å²) in [6.07, 6.45) is 5.86. The summed E-state index contributed by atoms with van der Waals surface area (Å²) in [5.74, 6) is 2.89. The lowest BCUT2D eigenvalue weighted by atomic mass is 9.89. The topological polar surface area (TPSA) is 21.3 Å². The van der Waals surface area contributed by atoms with Crippen LogP contribution in [0.3, 0.4) is 0 Å². The summed E-state index contributed by atoms with van der Waals surface area (Å²) < 4.78 is 6.43. The summed E-state index contributed by atoms with van der Waals surface area (Å²) in [6, 6.07) is 6.33. The van der Waals surface area contributed by atoms with Crippen LogP contribution in [0, 0.1) is 17.8 Å². The van der Waals surface area contributed by atoms with E-state index in [9.17, 15) is 0 Å². The van der Waals surface area contributed by atoms with Crippen LogP contribution in [0.15, 0.2) is 22.7 Å². The van der Waals surface area contributed by atoms with Crippen molar-refractivity contribution >= 4 is 21.6 Å². The lowest BCUT2D eigenvalue weighted by Crippen LogP contribution is -2.20. The lowest BCUT2D eigenvalue weighted by molar-refractivity contribution is 0.185. The number of hydrogen-bond donors (Lipinski definition) is 1. The van der Waals surface area contributed by atoms with E-state index in [1.807, 2.05) is 0 Å². The largest absolute Gasteiger partial charge is 0.384 e. The predicted molar refractivity (Wildman–Crippen MR) is 82.3 cm³/mol. The van der Waals surface area contributed by atoms with Crippen LogP contribution in [0.5, 0.6) is 0 Å². The monoisotopic (exact) mass is 323 g/mol. The Bertz CT molecular complexity index is 448. The highest BCUT2D eigenvalue weighted by molar-refractivity contribution is 9.10. The van der Waals surface area contributed by atoms with Gasteiger partial charge in [-0.25, -0.2) is 0 Å². The van der Waals surface area contributed by atoms with E-state index >= 15 is 0 Å². The zero-order chi connectivity index (χ0) is 13.2. The summed E-state index contributed by atoms with van der Waals surface area (Å²) in [4.78, 5) is 0. The molecule has 0 spiro atoms. The molecule has 19 heavy (non-hydrogen) atoms. The van der Waals surface area contributed by atoms with Crippen LogP contribution in [0.4, 0.5) is 5.69 Å². The highest BCUT2D eigenvalue weighted by Gasteiger charge is 2.39. The predicted octanol–water partition coefficient (Wildman–Crippen LogP) is 4.44. The quantitative estimate of drug-likeness (QED) is 0.864. The molecule has 3 heteroatoms. The third kappa shape index (κ3) is 2.82.